The lowest BCUT2D eigenvalue weighted by Gasteiger charge is -2.24. The first-order valence-electron chi connectivity index (χ1n) is 7.43. The van der Waals surface area contributed by atoms with Crippen molar-refractivity contribution in [2.24, 2.45) is 0 Å². The maximum absolute atomic E-state index is 12.0. The average Bonchev–Trinajstić information content (AvgIpc) is 2.48. The van der Waals surface area contributed by atoms with Crippen LogP contribution in [0.2, 0.25) is 0 Å². The summed E-state index contributed by atoms with van der Waals surface area (Å²) in [5.74, 6) is -0.771. The Balaban J connectivity index is 1.86. The molecule has 0 heterocycles. The van der Waals surface area contributed by atoms with Gasteiger partial charge in [-0.1, -0.05) is 25.3 Å². The van der Waals surface area contributed by atoms with Gasteiger partial charge in [-0.3, -0.25) is 4.79 Å². The Kier molecular flexibility index (Phi) is 5.20. The maximum atomic E-state index is 12.0. The van der Waals surface area contributed by atoms with E-state index in [-0.39, 0.29) is 11.9 Å². The summed E-state index contributed by atoms with van der Waals surface area (Å²) >= 11 is 0. The van der Waals surface area contributed by atoms with Crippen molar-refractivity contribution in [1.29, 1.82) is 0 Å². The fourth-order valence-electron chi connectivity index (χ4n) is 2.51. The summed E-state index contributed by atoms with van der Waals surface area (Å²) in [7, 11) is 0. The Hall–Kier alpha value is -2.04. The molecule has 2 rings (SSSR count). The first-order chi connectivity index (χ1) is 10.1. The molecule has 21 heavy (non-hydrogen) atoms. The molecule has 0 aliphatic heterocycles. The van der Waals surface area contributed by atoms with Crippen LogP contribution in [0, 0.1) is 0 Å². The number of amides is 1. The number of anilines is 1. The normalized spacial score (nSPS) is 17.0. The largest absolute Gasteiger partial charge is 0.449 e. The highest BCUT2D eigenvalue weighted by atomic mass is 16.5. The fraction of sp³-hybridized carbons (Fsp3) is 0.500. The number of carbonyl (C=O) groups excluding carboxylic acids is 2. The molecule has 5 heteroatoms. The van der Waals surface area contributed by atoms with Crippen LogP contribution in [0.3, 0.4) is 0 Å². The van der Waals surface area contributed by atoms with Gasteiger partial charge in [-0.25, -0.2) is 4.79 Å². The van der Waals surface area contributed by atoms with Crippen LogP contribution >= 0.6 is 0 Å². The number of benzene rings is 1. The Morgan fingerprint density at radius 2 is 2.00 bits per heavy atom. The van der Waals surface area contributed by atoms with Gasteiger partial charge < -0.3 is 15.8 Å². The second-order valence-electron chi connectivity index (χ2n) is 5.52. The molecule has 3 N–H and O–H groups in total. The lowest BCUT2D eigenvalue weighted by molar-refractivity contribution is -0.130. The van der Waals surface area contributed by atoms with Crippen molar-refractivity contribution in [1.82, 2.24) is 5.32 Å². The Morgan fingerprint density at radius 1 is 1.29 bits per heavy atom. The predicted molar refractivity (Wildman–Crippen MR) is 80.7 cm³/mol. The molecule has 1 saturated carbocycles. The van der Waals surface area contributed by atoms with Crippen LogP contribution in [0.4, 0.5) is 5.69 Å². The molecule has 1 amide bonds. The lowest BCUT2D eigenvalue weighted by Crippen LogP contribution is -2.42. The molecule has 0 saturated heterocycles. The second kappa shape index (κ2) is 7.11. The smallest absolute Gasteiger partial charge is 0.338 e. The molecule has 1 aliphatic carbocycles. The minimum absolute atomic E-state index is 0.208. The molecule has 0 aromatic heterocycles. The molecule has 1 aromatic carbocycles. The number of nitrogen functional groups attached to an aromatic ring is 1. The van der Waals surface area contributed by atoms with Gasteiger partial charge in [-0.2, -0.15) is 0 Å². The molecule has 1 fully saturated rings. The highest BCUT2D eigenvalue weighted by Crippen LogP contribution is 2.17. The quantitative estimate of drug-likeness (QED) is 0.658. The molecule has 1 atom stereocenters. The van der Waals surface area contributed by atoms with Crippen molar-refractivity contribution in [3.05, 3.63) is 29.8 Å². The van der Waals surface area contributed by atoms with Crippen LogP contribution in [0.25, 0.3) is 0 Å². The zero-order chi connectivity index (χ0) is 15.2. The number of rotatable bonds is 4. The summed E-state index contributed by atoms with van der Waals surface area (Å²) in [6.07, 6.45) is 4.71. The van der Waals surface area contributed by atoms with Gasteiger partial charge in [0.25, 0.3) is 5.91 Å². The molecule has 0 radical (unpaired) electrons. The molecule has 114 valence electrons. The van der Waals surface area contributed by atoms with E-state index in [1.54, 1.807) is 25.1 Å². The van der Waals surface area contributed by atoms with E-state index in [9.17, 15) is 9.59 Å². The summed E-state index contributed by atoms with van der Waals surface area (Å²) in [6, 6.07) is 6.73. The van der Waals surface area contributed by atoms with E-state index in [0.717, 1.165) is 25.7 Å². The van der Waals surface area contributed by atoms with Crippen LogP contribution < -0.4 is 11.1 Å². The first kappa shape index (κ1) is 15.4. The van der Waals surface area contributed by atoms with Crippen LogP contribution in [-0.4, -0.2) is 24.0 Å². The van der Waals surface area contributed by atoms with Crippen LogP contribution in [0.5, 0.6) is 0 Å². The topological polar surface area (TPSA) is 81.4 Å². The number of nitrogens with one attached hydrogen (secondary N) is 1. The van der Waals surface area contributed by atoms with Gasteiger partial charge in [-0.15, -0.1) is 0 Å². The number of hydrogen-bond acceptors (Lipinski definition) is 4. The van der Waals surface area contributed by atoms with Gasteiger partial charge in [0, 0.05) is 11.7 Å². The van der Waals surface area contributed by atoms with Gasteiger partial charge >= 0.3 is 5.97 Å². The van der Waals surface area contributed by atoms with Gasteiger partial charge in [0.05, 0.1) is 5.56 Å². The standard InChI is InChI=1S/C16H22N2O3/c1-11(15(19)18-14-8-3-2-4-9-14)21-16(20)12-6-5-7-13(17)10-12/h5-7,10-11,14H,2-4,8-9,17H2,1H3,(H,18,19). The Labute approximate surface area is 124 Å². The number of esters is 1. The molecular weight excluding hydrogens is 268 g/mol. The fourth-order valence-corrected chi connectivity index (χ4v) is 2.51. The summed E-state index contributed by atoms with van der Waals surface area (Å²) in [5, 5.41) is 2.95. The molecule has 0 bridgehead atoms. The van der Waals surface area contributed by atoms with E-state index in [0.29, 0.717) is 11.3 Å². The van der Waals surface area contributed by atoms with Crippen molar-refractivity contribution in [3.63, 3.8) is 0 Å². The third-order valence-corrected chi connectivity index (χ3v) is 3.73. The van der Waals surface area contributed by atoms with E-state index in [1.165, 1.54) is 12.5 Å². The average molecular weight is 290 g/mol. The monoisotopic (exact) mass is 290 g/mol. The maximum Gasteiger partial charge on any atom is 0.338 e. The molecule has 1 unspecified atom stereocenters. The Bertz CT molecular complexity index is 510. The van der Waals surface area contributed by atoms with E-state index >= 15 is 0 Å². The van der Waals surface area contributed by atoms with E-state index in [4.69, 9.17) is 10.5 Å². The third kappa shape index (κ3) is 4.48. The number of nitrogens with two attached hydrogens (primary N) is 1. The molecule has 5 nitrogen and oxygen atoms in total. The number of carbonyl (C=O) groups is 2. The molecule has 1 aliphatic rings. The van der Waals surface area contributed by atoms with Gasteiger partial charge in [0.2, 0.25) is 0 Å². The van der Waals surface area contributed by atoms with Gasteiger partial charge in [-0.05, 0) is 38.0 Å². The van der Waals surface area contributed by atoms with Crippen molar-refractivity contribution < 1.29 is 14.3 Å². The van der Waals surface area contributed by atoms with Crippen LogP contribution in [-0.2, 0) is 9.53 Å². The van der Waals surface area contributed by atoms with Gasteiger partial charge in [0.1, 0.15) is 0 Å². The van der Waals surface area contributed by atoms with Crippen LogP contribution in [0.15, 0.2) is 24.3 Å². The summed E-state index contributed by atoms with van der Waals surface area (Å²) < 4.78 is 5.19. The molecule has 1 aromatic rings. The molecule has 0 spiro atoms. The van der Waals surface area contributed by atoms with Crippen molar-refractivity contribution in [2.75, 3.05) is 5.73 Å². The highest BCUT2D eigenvalue weighted by Gasteiger charge is 2.22. The van der Waals surface area contributed by atoms with E-state index in [2.05, 4.69) is 5.32 Å². The van der Waals surface area contributed by atoms with Crippen molar-refractivity contribution in [3.8, 4) is 0 Å². The summed E-state index contributed by atoms with van der Waals surface area (Å²) in [5.41, 5.74) is 6.47. The molecular formula is C16H22N2O3. The SMILES string of the molecule is CC(OC(=O)c1cccc(N)c1)C(=O)NC1CCCCC1. The minimum atomic E-state index is -0.805. The predicted octanol–water partition coefficient (Wildman–Crippen LogP) is 2.26. The highest BCUT2D eigenvalue weighted by molar-refractivity contribution is 5.93. The summed E-state index contributed by atoms with van der Waals surface area (Å²) in [4.78, 5) is 24.0. The zero-order valence-corrected chi connectivity index (χ0v) is 12.3. The number of hydrogen-bond donors (Lipinski definition) is 2. The third-order valence-electron chi connectivity index (χ3n) is 3.73. The zero-order valence-electron chi connectivity index (χ0n) is 12.3. The van der Waals surface area contributed by atoms with Crippen molar-refractivity contribution >= 4 is 17.6 Å². The Morgan fingerprint density at radius 3 is 2.67 bits per heavy atom. The first-order valence-corrected chi connectivity index (χ1v) is 7.43. The number of ether oxygens (including phenoxy) is 1. The summed E-state index contributed by atoms with van der Waals surface area (Å²) in [6.45, 7) is 1.59. The van der Waals surface area contributed by atoms with Crippen molar-refractivity contribution in [2.45, 2.75) is 51.2 Å². The van der Waals surface area contributed by atoms with E-state index < -0.39 is 12.1 Å². The second-order valence-corrected chi connectivity index (χ2v) is 5.52. The minimum Gasteiger partial charge on any atom is -0.449 e. The van der Waals surface area contributed by atoms with E-state index in [1.807, 2.05) is 0 Å². The van der Waals surface area contributed by atoms with Gasteiger partial charge in [0.15, 0.2) is 6.10 Å². The van der Waals surface area contributed by atoms with Crippen LogP contribution in [0.1, 0.15) is 49.4 Å². The lowest BCUT2D eigenvalue weighted by atomic mass is 9.95.